The van der Waals surface area contributed by atoms with Gasteiger partial charge >= 0.3 is 0 Å². The van der Waals surface area contributed by atoms with Crippen molar-refractivity contribution in [1.29, 1.82) is 0 Å². The van der Waals surface area contributed by atoms with E-state index in [0.717, 1.165) is 11.1 Å². The fourth-order valence-electron chi connectivity index (χ4n) is 4.79. The van der Waals surface area contributed by atoms with Gasteiger partial charge in [-0.3, -0.25) is 9.59 Å². The van der Waals surface area contributed by atoms with E-state index in [1.54, 1.807) is 0 Å². The maximum atomic E-state index is 13.1. The van der Waals surface area contributed by atoms with E-state index in [9.17, 15) is 15.1 Å². The van der Waals surface area contributed by atoms with Crippen LogP contribution in [0.2, 0.25) is 0 Å². The number of hydrogen-bond donors (Lipinski definition) is 0. The molecule has 25 heavy (non-hydrogen) atoms. The van der Waals surface area contributed by atoms with Gasteiger partial charge in [-0.15, -0.1) is 0 Å². The van der Waals surface area contributed by atoms with Gasteiger partial charge in [-0.1, -0.05) is 60.7 Å². The molecule has 1 spiro atoms. The molecule has 4 rings (SSSR count). The lowest BCUT2D eigenvalue weighted by Gasteiger charge is -2.32. The van der Waals surface area contributed by atoms with Gasteiger partial charge in [0.05, 0.1) is 0 Å². The molecule has 2 aromatic carbocycles. The predicted octanol–water partition coefficient (Wildman–Crippen LogP) is 3.55. The molecule has 2 saturated carbocycles. The normalized spacial score (nSPS) is 28.6. The van der Waals surface area contributed by atoms with E-state index in [1.807, 2.05) is 60.7 Å². The molecule has 0 bridgehead atoms. The van der Waals surface area contributed by atoms with Gasteiger partial charge in [-0.2, -0.15) is 4.79 Å². The highest BCUT2D eigenvalue weighted by molar-refractivity contribution is 6.46. The summed E-state index contributed by atoms with van der Waals surface area (Å²) in [5, 5.41) is 0. The van der Waals surface area contributed by atoms with Crippen LogP contribution in [0.4, 0.5) is 0 Å². The molecule has 0 aliphatic heterocycles. The fraction of sp³-hybridized carbons (Fsp3) is 0.286. The predicted molar refractivity (Wildman–Crippen MR) is 93.3 cm³/mol. The Balaban J connectivity index is 1.96. The lowest BCUT2D eigenvalue weighted by atomic mass is 9.64. The summed E-state index contributed by atoms with van der Waals surface area (Å²) in [5.74, 6) is -1.20. The number of hydrogen-bond acceptors (Lipinski definition) is 2. The quantitative estimate of drug-likeness (QED) is 0.480. The Morgan fingerprint density at radius 3 is 2.00 bits per heavy atom. The molecule has 2 fully saturated rings. The average molecular weight is 330 g/mol. The van der Waals surface area contributed by atoms with Crippen molar-refractivity contribution in [2.75, 3.05) is 0 Å². The molecule has 0 heterocycles. The lowest BCUT2D eigenvalue weighted by molar-refractivity contribution is -0.138. The monoisotopic (exact) mass is 330 g/mol. The molecule has 4 heteroatoms. The Morgan fingerprint density at radius 2 is 1.44 bits per heavy atom. The van der Waals surface area contributed by atoms with Crippen molar-refractivity contribution in [3.63, 3.8) is 0 Å². The van der Waals surface area contributed by atoms with Gasteiger partial charge in [0.25, 0.3) is 5.71 Å². The summed E-state index contributed by atoms with van der Waals surface area (Å²) < 4.78 is 0. The summed E-state index contributed by atoms with van der Waals surface area (Å²) >= 11 is 0. The van der Waals surface area contributed by atoms with E-state index in [1.165, 1.54) is 0 Å². The fourth-order valence-corrected chi connectivity index (χ4v) is 4.79. The first-order valence-corrected chi connectivity index (χ1v) is 8.58. The second-order valence-electron chi connectivity index (χ2n) is 6.84. The van der Waals surface area contributed by atoms with Gasteiger partial charge in [0.2, 0.25) is 5.78 Å². The van der Waals surface area contributed by atoms with Crippen molar-refractivity contribution in [3.8, 4) is 0 Å². The molecule has 2 aliphatic rings. The van der Waals surface area contributed by atoms with E-state index in [-0.39, 0.29) is 24.0 Å². The Bertz CT molecular complexity index is 885. The van der Waals surface area contributed by atoms with Crippen LogP contribution in [0.15, 0.2) is 60.7 Å². The van der Waals surface area contributed by atoms with Crippen LogP contribution in [0.3, 0.4) is 0 Å². The molecule has 124 valence electrons. The van der Waals surface area contributed by atoms with Crippen LogP contribution in [0.25, 0.3) is 5.53 Å². The number of carbonyl (C=O) groups excluding carboxylic acids is 2. The number of carbonyl (C=O) groups is 2. The van der Waals surface area contributed by atoms with Gasteiger partial charge < -0.3 is 5.53 Å². The van der Waals surface area contributed by atoms with Crippen LogP contribution in [0, 0.1) is 5.41 Å². The highest BCUT2D eigenvalue weighted by Crippen LogP contribution is 2.60. The number of rotatable bonds is 2. The molecule has 0 aromatic heterocycles. The van der Waals surface area contributed by atoms with Crippen LogP contribution in [-0.4, -0.2) is 22.1 Å². The van der Waals surface area contributed by atoms with E-state index in [0.29, 0.717) is 18.6 Å². The van der Waals surface area contributed by atoms with Crippen molar-refractivity contribution < 1.29 is 14.4 Å². The first-order valence-electron chi connectivity index (χ1n) is 8.58. The Morgan fingerprint density at radius 1 is 0.880 bits per heavy atom. The average Bonchev–Trinajstić information content (AvgIpc) is 3.17. The summed E-state index contributed by atoms with van der Waals surface area (Å²) in [7, 11) is 0. The second-order valence-corrected chi connectivity index (χ2v) is 6.84. The van der Waals surface area contributed by atoms with Crippen molar-refractivity contribution in [2.45, 2.75) is 31.1 Å². The smallest absolute Gasteiger partial charge is 0.284 e. The summed E-state index contributed by atoms with van der Waals surface area (Å²) in [6, 6.07) is 19.4. The maximum absolute atomic E-state index is 13.1. The molecule has 0 radical (unpaired) electrons. The van der Waals surface area contributed by atoms with Crippen LogP contribution < -0.4 is 0 Å². The zero-order valence-electron chi connectivity index (χ0n) is 13.8. The minimum absolute atomic E-state index is 0.149. The number of benzene rings is 2. The molecular weight excluding hydrogens is 312 g/mol. The third kappa shape index (κ3) is 2.15. The maximum Gasteiger partial charge on any atom is 0.284 e. The van der Waals surface area contributed by atoms with E-state index >= 15 is 0 Å². The molecule has 3 unspecified atom stereocenters. The summed E-state index contributed by atoms with van der Waals surface area (Å²) in [6.07, 6.45) is 1.40. The van der Waals surface area contributed by atoms with Crippen LogP contribution >= 0.6 is 0 Å². The molecule has 2 aromatic rings. The van der Waals surface area contributed by atoms with Gasteiger partial charge in [0.15, 0.2) is 5.78 Å². The highest BCUT2D eigenvalue weighted by atomic mass is 16.2. The second kappa shape index (κ2) is 5.91. The van der Waals surface area contributed by atoms with E-state index in [4.69, 9.17) is 0 Å². The number of nitrogens with zero attached hydrogens (tertiary/aromatic N) is 2. The van der Waals surface area contributed by atoms with E-state index < -0.39 is 11.2 Å². The van der Waals surface area contributed by atoms with Gasteiger partial charge in [-0.25, -0.2) is 0 Å². The Hall–Kier alpha value is -2.84. The molecule has 3 atom stereocenters. The zero-order chi connectivity index (χ0) is 17.4. The number of ketones is 2. The standard InChI is InChI=1S/C21H18N2O2/c22-23-19-12-11-16(14-7-3-1-4-8-14)21(19)17(13-18(24)20(21)25)15-9-5-2-6-10-15/h1-10,16-17H,11-13H2. The largest absolute Gasteiger partial charge is 0.362 e. The molecule has 0 N–H and O–H groups in total. The molecule has 2 aliphatic carbocycles. The van der Waals surface area contributed by atoms with Gasteiger partial charge in [0.1, 0.15) is 5.41 Å². The summed E-state index contributed by atoms with van der Waals surface area (Å²) in [4.78, 5) is 29.1. The van der Waals surface area contributed by atoms with Crippen LogP contribution in [0.5, 0.6) is 0 Å². The third-order valence-corrected chi connectivity index (χ3v) is 5.79. The van der Waals surface area contributed by atoms with Crippen LogP contribution in [-0.2, 0) is 9.59 Å². The summed E-state index contributed by atoms with van der Waals surface area (Å²) in [5.41, 5.74) is 11.0. The number of Topliss-reactive ketones (excluding diaryl/α,β-unsaturated/α-hetero) is 2. The van der Waals surface area contributed by atoms with Crippen molar-refractivity contribution >= 4 is 17.3 Å². The molecule has 0 amide bonds. The first-order chi connectivity index (χ1) is 12.2. The molecule has 4 nitrogen and oxygen atoms in total. The topological polar surface area (TPSA) is 70.5 Å². The van der Waals surface area contributed by atoms with Crippen LogP contribution in [0.1, 0.15) is 42.2 Å². The molecular formula is C21H18N2O2. The van der Waals surface area contributed by atoms with Gasteiger partial charge in [-0.05, 0) is 17.5 Å². The SMILES string of the molecule is [N-]=[N+]=C1CCC(c2ccccc2)C12C(=O)C(=O)CC2c1ccccc1. The van der Waals surface area contributed by atoms with Crippen molar-refractivity contribution in [3.05, 3.63) is 77.3 Å². The Kier molecular flexibility index (Phi) is 3.70. The van der Waals surface area contributed by atoms with Crippen molar-refractivity contribution in [2.24, 2.45) is 5.41 Å². The first kappa shape index (κ1) is 15.7. The van der Waals surface area contributed by atoms with Gasteiger partial charge in [0, 0.05) is 24.7 Å². The highest BCUT2D eigenvalue weighted by Gasteiger charge is 2.68. The minimum Gasteiger partial charge on any atom is -0.362 e. The van der Waals surface area contributed by atoms with E-state index in [2.05, 4.69) is 4.79 Å². The Labute approximate surface area is 146 Å². The summed E-state index contributed by atoms with van der Waals surface area (Å²) in [6.45, 7) is 0. The van der Waals surface area contributed by atoms with Crippen molar-refractivity contribution in [1.82, 2.24) is 0 Å². The lowest BCUT2D eigenvalue weighted by Crippen LogP contribution is -2.42. The third-order valence-electron chi connectivity index (χ3n) is 5.79. The zero-order valence-corrected chi connectivity index (χ0v) is 13.8. The molecule has 0 saturated heterocycles. The minimum atomic E-state index is -1.06.